The van der Waals surface area contributed by atoms with Gasteiger partial charge in [0.15, 0.2) is 0 Å². The molecule has 0 aromatic heterocycles. The van der Waals surface area contributed by atoms with E-state index in [4.69, 9.17) is 4.74 Å². The van der Waals surface area contributed by atoms with Crippen molar-refractivity contribution in [2.75, 3.05) is 19.7 Å². The van der Waals surface area contributed by atoms with Gasteiger partial charge in [-0.3, -0.25) is 4.79 Å². The molecule has 1 rings (SSSR count). The van der Waals surface area contributed by atoms with Crippen LogP contribution in [0.15, 0.2) is 29.2 Å². The van der Waals surface area contributed by atoms with Crippen molar-refractivity contribution in [1.29, 1.82) is 0 Å². The molecule has 5 heteroatoms. The van der Waals surface area contributed by atoms with Gasteiger partial charge in [0, 0.05) is 18.0 Å². The summed E-state index contributed by atoms with van der Waals surface area (Å²) >= 11 is 1.08. The first-order valence-electron chi connectivity index (χ1n) is 6.86. The molecule has 0 bridgehead atoms. The highest BCUT2D eigenvalue weighted by Gasteiger charge is 2.17. The average Bonchev–Trinajstić information content (AvgIpc) is 2.46. The van der Waals surface area contributed by atoms with E-state index in [0.717, 1.165) is 18.2 Å². The molecule has 0 saturated heterocycles. The molecule has 0 aliphatic rings. The van der Waals surface area contributed by atoms with E-state index < -0.39 is 0 Å². The summed E-state index contributed by atoms with van der Waals surface area (Å²) < 4.78 is 5.14. The predicted octanol–water partition coefficient (Wildman–Crippen LogP) is 3.81. The first-order chi connectivity index (χ1) is 9.63. The van der Waals surface area contributed by atoms with E-state index in [2.05, 4.69) is 0 Å². The normalized spacial score (nSPS) is 10.2. The Labute approximate surface area is 124 Å². The van der Waals surface area contributed by atoms with Crippen molar-refractivity contribution in [2.45, 2.75) is 32.1 Å². The van der Waals surface area contributed by atoms with Crippen molar-refractivity contribution in [1.82, 2.24) is 4.90 Å². The van der Waals surface area contributed by atoms with E-state index in [9.17, 15) is 9.59 Å². The number of carbonyl (C=O) groups excluding carboxylic acids is 2. The van der Waals surface area contributed by atoms with Crippen LogP contribution in [-0.2, 0) is 4.74 Å². The van der Waals surface area contributed by atoms with Crippen LogP contribution in [0, 0.1) is 0 Å². The standard InChI is InChI=1S/C15H21NO3S/c1-4-11-19-14(17)12-9-7-8-10-13(12)20-15(18)16(5-2)6-3/h7-10H,4-6,11H2,1-3H3. The third-order valence-corrected chi connectivity index (χ3v) is 3.77. The molecule has 0 unspecified atom stereocenters. The zero-order chi connectivity index (χ0) is 15.0. The van der Waals surface area contributed by atoms with E-state index in [1.807, 2.05) is 26.8 Å². The smallest absolute Gasteiger partial charge is 0.339 e. The Bertz CT molecular complexity index is 458. The van der Waals surface area contributed by atoms with Crippen LogP contribution in [0.25, 0.3) is 0 Å². The van der Waals surface area contributed by atoms with Crippen LogP contribution < -0.4 is 0 Å². The van der Waals surface area contributed by atoms with Gasteiger partial charge in [0.05, 0.1) is 12.2 Å². The van der Waals surface area contributed by atoms with Gasteiger partial charge in [-0.1, -0.05) is 19.1 Å². The highest BCUT2D eigenvalue weighted by Crippen LogP contribution is 2.26. The summed E-state index contributed by atoms with van der Waals surface area (Å²) in [5, 5.41) is -0.0502. The zero-order valence-corrected chi connectivity index (χ0v) is 13.0. The maximum absolute atomic E-state index is 12.1. The van der Waals surface area contributed by atoms with Gasteiger partial charge in [-0.25, -0.2) is 4.79 Å². The first kappa shape index (κ1) is 16.6. The number of esters is 1. The molecule has 0 aliphatic heterocycles. The van der Waals surface area contributed by atoms with Crippen LogP contribution in [0.5, 0.6) is 0 Å². The Morgan fingerprint density at radius 2 is 1.80 bits per heavy atom. The SMILES string of the molecule is CCCOC(=O)c1ccccc1SC(=O)N(CC)CC. The molecule has 0 fully saturated rings. The summed E-state index contributed by atoms with van der Waals surface area (Å²) in [5.74, 6) is -0.373. The van der Waals surface area contributed by atoms with Crippen LogP contribution in [0.4, 0.5) is 4.79 Å². The van der Waals surface area contributed by atoms with Crippen molar-refractivity contribution in [3.63, 3.8) is 0 Å². The highest BCUT2D eigenvalue weighted by atomic mass is 32.2. The lowest BCUT2D eigenvalue weighted by molar-refractivity contribution is 0.0501. The van der Waals surface area contributed by atoms with Crippen LogP contribution in [0.3, 0.4) is 0 Å². The Morgan fingerprint density at radius 1 is 1.15 bits per heavy atom. The van der Waals surface area contributed by atoms with Crippen molar-refractivity contribution in [3.8, 4) is 0 Å². The fourth-order valence-electron chi connectivity index (χ4n) is 1.64. The molecule has 0 aliphatic carbocycles. The molecule has 20 heavy (non-hydrogen) atoms. The maximum atomic E-state index is 12.1. The van der Waals surface area contributed by atoms with Crippen molar-refractivity contribution >= 4 is 23.0 Å². The number of benzene rings is 1. The first-order valence-corrected chi connectivity index (χ1v) is 7.68. The van der Waals surface area contributed by atoms with Gasteiger partial charge in [0.1, 0.15) is 0 Å². The number of hydrogen-bond acceptors (Lipinski definition) is 4. The molecule has 4 nitrogen and oxygen atoms in total. The van der Waals surface area contributed by atoms with Crippen LogP contribution in [0.1, 0.15) is 37.6 Å². The van der Waals surface area contributed by atoms with Crippen LogP contribution in [-0.4, -0.2) is 35.8 Å². The quantitative estimate of drug-likeness (QED) is 0.591. The van der Waals surface area contributed by atoms with Crippen LogP contribution >= 0.6 is 11.8 Å². The van der Waals surface area contributed by atoms with Crippen molar-refractivity contribution in [2.24, 2.45) is 0 Å². The second-order valence-corrected chi connectivity index (χ2v) is 5.17. The Morgan fingerprint density at radius 3 is 2.40 bits per heavy atom. The predicted molar refractivity (Wildman–Crippen MR) is 81.2 cm³/mol. The number of rotatable bonds is 6. The minimum Gasteiger partial charge on any atom is -0.462 e. The second kappa shape index (κ2) is 8.64. The largest absolute Gasteiger partial charge is 0.462 e. The summed E-state index contributed by atoms with van der Waals surface area (Å²) in [6, 6.07) is 7.05. The van der Waals surface area contributed by atoms with Gasteiger partial charge in [-0.05, 0) is 44.2 Å². The summed E-state index contributed by atoms with van der Waals surface area (Å²) in [6.07, 6.45) is 0.777. The molecule has 1 amide bonds. The summed E-state index contributed by atoms with van der Waals surface area (Å²) in [7, 11) is 0. The molecule has 1 aromatic rings. The minimum absolute atomic E-state index is 0.0502. The molecule has 0 spiro atoms. The number of nitrogens with zero attached hydrogens (tertiary/aromatic N) is 1. The molecule has 0 heterocycles. The number of amides is 1. The molecule has 0 saturated carbocycles. The fraction of sp³-hybridized carbons (Fsp3) is 0.467. The van der Waals surface area contributed by atoms with E-state index in [1.165, 1.54) is 0 Å². The number of hydrogen-bond donors (Lipinski definition) is 0. The Balaban J connectivity index is 2.85. The average molecular weight is 295 g/mol. The molecule has 0 atom stereocenters. The number of carbonyl (C=O) groups is 2. The maximum Gasteiger partial charge on any atom is 0.339 e. The van der Waals surface area contributed by atoms with Crippen molar-refractivity contribution in [3.05, 3.63) is 29.8 Å². The van der Waals surface area contributed by atoms with Gasteiger partial charge >= 0.3 is 5.97 Å². The molecule has 0 N–H and O–H groups in total. The van der Waals surface area contributed by atoms with E-state index in [1.54, 1.807) is 23.1 Å². The van der Waals surface area contributed by atoms with E-state index >= 15 is 0 Å². The molecular weight excluding hydrogens is 274 g/mol. The lowest BCUT2D eigenvalue weighted by atomic mass is 10.2. The lowest BCUT2D eigenvalue weighted by Crippen LogP contribution is -2.26. The highest BCUT2D eigenvalue weighted by molar-refractivity contribution is 8.13. The van der Waals surface area contributed by atoms with E-state index in [0.29, 0.717) is 30.2 Å². The second-order valence-electron chi connectivity index (χ2n) is 4.17. The zero-order valence-electron chi connectivity index (χ0n) is 12.2. The number of ether oxygens (including phenoxy) is 1. The third kappa shape index (κ3) is 4.56. The van der Waals surface area contributed by atoms with Crippen molar-refractivity contribution < 1.29 is 14.3 Å². The fourth-order valence-corrected chi connectivity index (χ4v) is 2.62. The molecule has 0 radical (unpaired) electrons. The third-order valence-electron chi connectivity index (χ3n) is 2.76. The monoisotopic (exact) mass is 295 g/mol. The van der Waals surface area contributed by atoms with Gasteiger partial charge in [-0.2, -0.15) is 0 Å². The topological polar surface area (TPSA) is 46.6 Å². The Kier molecular flexibility index (Phi) is 7.15. The van der Waals surface area contributed by atoms with Gasteiger partial charge < -0.3 is 9.64 Å². The molecule has 110 valence electrons. The number of thioether (sulfide) groups is 1. The van der Waals surface area contributed by atoms with Gasteiger partial charge in [0.2, 0.25) is 0 Å². The molecular formula is C15H21NO3S. The summed E-state index contributed by atoms with van der Waals surface area (Å²) in [6.45, 7) is 7.52. The van der Waals surface area contributed by atoms with Gasteiger partial charge in [0.25, 0.3) is 5.24 Å². The Hall–Kier alpha value is -1.49. The van der Waals surface area contributed by atoms with Gasteiger partial charge in [-0.15, -0.1) is 0 Å². The minimum atomic E-state index is -0.373. The van der Waals surface area contributed by atoms with Crippen LogP contribution in [0.2, 0.25) is 0 Å². The molecule has 1 aromatic carbocycles. The summed E-state index contributed by atoms with van der Waals surface area (Å²) in [5.41, 5.74) is 0.450. The lowest BCUT2D eigenvalue weighted by Gasteiger charge is -2.18. The summed E-state index contributed by atoms with van der Waals surface area (Å²) in [4.78, 5) is 26.4. The van der Waals surface area contributed by atoms with E-state index in [-0.39, 0.29) is 11.2 Å².